The molecule has 0 spiro atoms. The van der Waals surface area contributed by atoms with E-state index < -0.39 is 11.5 Å². The fraction of sp³-hybridized carbons (Fsp3) is 0.545. The summed E-state index contributed by atoms with van der Waals surface area (Å²) in [7, 11) is 0. The van der Waals surface area contributed by atoms with Gasteiger partial charge in [0.15, 0.2) is 0 Å². The second kappa shape index (κ2) is 9.46. The maximum Gasteiger partial charge on any atom is 0.322 e. The number of halogens is 1. The lowest BCUT2D eigenvalue weighted by molar-refractivity contribution is -0.137. The first-order valence-electron chi connectivity index (χ1n) is 10.0. The molecular formula is C22H31ClN2O3. The highest BCUT2D eigenvalue weighted by atomic mass is 35.5. The first kappa shape index (κ1) is 22.3. The number of nitrogens with one attached hydrogen (secondary N) is 1. The lowest BCUT2D eigenvalue weighted by Gasteiger charge is -2.42. The standard InChI is InChI=1S/C22H31ClN2O3/c1-5-6-8-16-10-11-17(13-19(16)23)22(4)18(15(2)3)14-25(21(28)24-22)12-7-9-20(26)27/h10-11,13-15H,5-9,12H2,1-4H3,(H,24,28)(H,26,27). The number of aliphatic carboxylic acids is 1. The smallest absolute Gasteiger partial charge is 0.322 e. The summed E-state index contributed by atoms with van der Waals surface area (Å²) < 4.78 is 0. The summed E-state index contributed by atoms with van der Waals surface area (Å²) in [5.41, 5.74) is 2.50. The Bertz CT molecular complexity index is 760. The summed E-state index contributed by atoms with van der Waals surface area (Å²) >= 11 is 6.54. The average Bonchev–Trinajstić information content (AvgIpc) is 2.61. The predicted molar refractivity (Wildman–Crippen MR) is 112 cm³/mol. The van der Waals surface area contributed by atoms with Crippen LogP contribution in [0.25, 0.3) is 0 Å². The number of hydrogen-bond acceptors (Lipinski definition) is 2. The minimum Gasteiger partial charge on any atom is -0.481 e. The third-order valence-corrected chi connectivity index (χ3v) is 5.68. The van der Waals surface area contributed by atoms with Crippen molar-refractivity contribution in [3.05, 3.63) is 46.1 Å². The molecule has 1 aliphatic heterocycles. The van der Waals surface area contributed by atoms with E-state index in [0.717, 1.165) is 41.0 Å². The molecule has 1 aromatic carbocycles. The van der Waals surface area contributed by atoms with Crippen molar-refractivity contribution >= 4 is 23.6 Å². The number of nitrogens with zero attached hydrogens (tertiary/aromatic N) is 1. The normalized spacial score (nSPS) is 19.6. The van der Waals surface area contributed by atoms with Crippen molar-refractivity contribution < 1.29 is 14.7 Å². The number of carbonyl (C=O) groups is 2. The first-order chi connectivity index (χ1) is 13.2. The Morgan fingerprint density at radius 1 is 1.32 bits per heavy atom. The van der Waals surface area contributed by atoms with E-state index in [-0.39, 0.29) is 18.4 Å². The molecule has 1 heterocycles. The average molecular weight is 407 g/mol. The van der Waals surface area contributed by atoms with Crippen LogP contribution in [0.1, 0.15) is 64.5 Å². The molecule has 2 N–H and O–H groups in total. The van der Waals surface area contributed by atoms with E-state index in [1.165, 1.54) is 0 Å². The second-order valence-electron chi connectivity index (χ2n) is 7.89. The monoisotopic (exact) mass is 406 g/mol. The molecule has 0 aromatic heterocycles. The van der Waals surface area contributed by atoms with Gasteiger partial charge in [-0.05, 0) is 54.9 Å². The van der Waals surface area contributed by atoms with E-state index in [9.17, 15) is 9.59 Å². The van der Waals surface area contributed by atoms with E-state index in [4.69, 9.17) is 16.7 Å². The number of hydrogen-bond donors (Lipinski definition) is 2. The molecule has 1 atom stereocenters. The molecule has 0 radical (unpaired) electrons. The minimum absolute atomic E-state index is 0.0424. The van der Waals surface area contributed by atoms with Crippen LogP contribution in [0.3, 0.4) is 0 Å². The Kier molecular flexibility index (Phi) is 7.53. The van der Waals surface area contributed by atoms with Crippen LogP contribution in [0, 0.1) is 5.92 Å². The molecule has 0 bridgehead atoms. The van der Waals surface area contributed by atoms with Crippen molar-refractivity contribution in [2.24, 2.45) is 5.92 Å². The van der Waals surface area contributed by atoms with Crippen LogP contribution in [-0.4, -0.2) is 28.6 Å². The summed E-state index contributed by atoms with van der Waals surface area (Å²) in [6.07, 6.45) is 5.49. The quantitative estimate of drug-likeness (QED) is 0.582. The lowest BCUT2D eigenvalue weighted by Crippen LogP contribution is -2.54. The van der Waals surface area contributed by atoms with Gasteiger partial charge in [-0.2, -0.15) is 0 Å². The Hall–Kier alpha value is -2.01. The van der Waals surface area contributed by atoms with Gasteiger partial charge in [-0.25, -0.2) is 4.79 Å². The van der Waals surface area contributed by atoms with Gasteiger partial charge in [0.1, 0.15) is 0 Å². The molecule has 2 amide bonds. The number of benzene rings is 1. The zero-order chi connectivity index (χ0) is 20.9. The van der Waals surface area contributed by atoms with Crippen molar-refractivity contribution in [3.63, 3.8) is 0 Å². The van der Waals surface area contributed by atoms with Crippen LogP contribution in [0.2, 0.25) is 5.02 Å². The molecule has 0 aliphatic carbocycles. The molecule has 0 saturated carbocycles. The summed E-state index contributed by atoms with van der Waals surface area (Å²) in [4.78, 5) is 25.1. The largest absolute Gasteiger partial charge is 0.481 e. The Balaban J connectivity index is 2.33. The number of carboxylic acids is 1. The molecule has 0 saturated heterocycles. The number of carboxylic acid groups (broad SMARTS) is 1. The Labute approximate surface area is 172 Å². The summed E-state index contributed by atoms with van der Waals surface area (Å²) in [6, 6.07) is 5.85. The number of amides is 2. The maximum atomic E-state index is 12.7. The van der Waals surface area contributed by atoms with Crippen LogP contribution in [0.15, 0.2) is 30.0 Å². The number of aryl methyl sites for hydroxylation is 1. The van der Waals surface area contributed by atoms with Crippen molar-refractivity contribution in [1.82, 2.24) is 10.2 Å². The zero-order valence-corrected chi connectivity index (χ0v) is 18.0. The van der Waals surface area contributed by atoms with E-state index in [1.807, 2.05) is 25.3 Å². The molecular weight excluding hydrogens is 376 g/mol. The summed E-state index contributed by atoms with van der Waals surface area (Å²) in [6.45, 7) is 8.72. The molecule has 0 fully saturated rings. The second-order valence-corrected chi connectivity index (χ2v) is 8.30. The zero-order valence-electron chi connectivity index (χ0n) is 17.2. The third-order valence-electron chi connectivity index (χ3n) is 5.33. The molecule has 1 aromatic rings. The number of rotatable bonds is 9. The van der Waals surface area contributed by atoms with Crippen LogP contribution < -0.4 is 5.32 Å². The Morgan fingerprint density at radius 2 is 2.04 bits per heavy atom. The van der Waals surface area contributed by atoms with E-state index >= 15 is 0 Å². The maximum absolute atomic E-state index is 12.7. The van der Waals surface area contributed by atoms with Gasteiger partial charge >= 0.3 is 12.0 Å². The van der Waals surface area contributed by atoms with E-state index in [1.54, 1.807) is 4.90 Å². The van der Waals surface area contributed by atoms with Crippen LogP contribution in [0.5, 0.6) is 0 Å². The van der Waals surface area contributed by atoms with Crippen molar-refractivity contribution in [2.75, 3.05) is 6.54 Å². The highest BCUT2D eigenvalue weighted by Gasteiger charge is 2.39. The van der Waals surface area contributed by atoms with Gasteiger partial charge < -0.3 is 15.3 Å². The molecule has 1 unspecified atom stereocenters. The van der Waals surface area contributed by atoms with Gasteiger partial charge in [-0.1, -0.05) is 50.9 Å². The number of unbranched alkanes of at least 4 members (excludes halogenated alkanes) is 1. The molecule has 1 aliphatic rings. The van der Waals surface area contributed by atoms with Gasteiger partial charge in [-0.3, -0.25) is 4.79 Å². The Morgan fingerprint density at radius 3 is 2.61 bits per heavy atom. The lowest BCUT2D eigenvalue weighted by atomic mass is 9.78. The first-order valence-corrected chi connectivity index (χ1v) is 10.4. The van der Waals surface area contributed by atoms with E-state index in [2.05, 4.69) is 32.2 Å². The number of urea groups is 1. The highest BCUT2D eigenvalue weighted by molar-refractivity contribution is 6.31. The van der Waals surface area contributed by atoms with Gasteiger partial charge in [0, 0.05) is 24.2 Å². The topological polar surface area (TPSA) is 69.6 Å². The van der Waals surface area contributed by atoms with Crippen molar-refractivity contribution in [1.29, 1.82) is 0 Å². The SMILES string of the molecule is CCCCc1ccc(C2(C)NC(=O)N(CCCC(=O)O)C=C2C(C)C)cc1Cl. The van der Waals surface area contributed by atoms with E-state index in [0.29, 0.717) is 13.0 Å². The number of carbonyl (C=O) groups excluding carboxylic acids is 1. The van der Waals surface area contributed by atoms with Crippen LogP contribution in [-0.2, 0) is 16.8 Å². The third kappa shape index (κ3) is 5.07. The van der Waals surface area contributed by atoms with Crippen molar-refractivity contribution in [3.8, 4) is 0 Å². The van der Waals surface area contributed by atoms with Gasteiger partial charge in [0.2, 0.25) is 0 Å². The highest BCUT2D eigenvalue weighted by Crippen LogP contribution is 2.38. The predicted octanol–water partition coefficient (Wildman–Crippen LogP) is 5.33. The van der Waals surface area contributed by atoms with Gasteiger partial charge in [-0.15, -0.1) is 0 Å². The fourth-order valence-electron chi connectivity index (χ4n) is 3.67. The van der Waals surface area contributed by atoms with Gasteiger partial charge in [0.05, 0.1) is 5.54 Å². The molecule has 2 rings (SSSR count). The van der Waals surface area contributed by atoms with Crippen LogP contribution in [0.4, 0.5) is 4.79 Å². The molecule has 6 heteroatoms. The molecule has 154 valence electrons. The van der Waals surface area contributed by atoms with Crippen LogP contribution >= 0.6 is 11.6 Å². The molecule has 28 heavy (non-hydrogen) atoms. The molecule has 5 nitrogen and oxygen atoms in total. The summed E-state index contributed by atoms with van der Waals surface area (Å²) in [5, 5.41) is 12.7. The van der Waals surface area contributed by atoms with Crippen molar-refractivity contribution in [2.45, 2.75) is 65.3 Å². The minimum atomic E-state index is -0.854. The summed E-state index contributed by atoms with van der Waals surface area (Å²) in [5.74, 6) is -0.653. The van der Waals surface area contributed by atoms with Gasteiger partial charge in [0.25, 0.3) is 0 Å². The fourth-order valence-corrected chi connectivity index (χ4v) is 3.95.